The summed E-state index contributed by atoms with van der Waals surface area (Å²) >= 11 is 0. The Morgan fingerprint density at radius 2 is 1.71 bits per heavy atom. The van der Waals surface area contributed by atoms with E-state index < -0.39 is 12.6 Å². The average Bonchev–Trinajstić information content (AvgIpc) is 2.54. The van der Waals surface area contributed by atoms with E-state index in [0.29, 0.717) is 22.4 Å². The van der Waals surface area contributed by atoms with Gasteiger partial charge in [-0.3, -0.25) is 4.79 Å². The maximum Gasteiger partial charge on any atom is 0.389 e. The van der Waals surface area contributed by atoms with Gasteiger partial charge in [0.25, 0.3) is 5.91 Å². The highest BCUT2D eigenvalue weighted by Crippen LogP contribution is 2.22. The van der Waals surface area contributed by atoms with Gasteiger partial charge in [0, 0.05) is 17.7 Å². The Balaban J connectivity index is 2.05. The lowest BCUT2D eigenvalue weighted by molar-refractivity contribution is -0.134. The van der Waals surface area contributed by atoms with Crippen molar-refractivity contribution in [1.29, 1.82) is 0 Å². The van der Waals surface area contributed by atoms with Gasteiger partial charge in [0.2, 0.25) is 0 Å². The molecule has 0 spiro atoms. The molecule has 0 aliphatic rings. The number of carbonyl (C=O) groups excluding carboxylic acids is 1. The van der Waals surface area contributed by atoms with Gasteiger partial charge in [0.1, 0.15) is 0 Å². The molecule has 0 fully saturated rings. The first-order chi connectivity index (χ1) is 11.3. The minimum atomic E-state index is -4.19. The van der Waals surface area contributed by atoms with E-state index >= 15 is 0 Å². The van der Waals surface area contributed by atoms with E-state index in [1.807, 2.05) is 6.92 Å². The van der Waals surface area contributed by atoms with Gasteiger partial charge in [-0.05, 0) is 48.2 Å². The quantitative estimate of drug-likeness (QED) is 0.857. The van der Waals surface area contributed by atoms with Crippen LogP contribution in [0.5, 0.6) is 0 Å². The molecule has 0 aromatic heterocycles. The molecule has 24 heavy (non-hydrogen) atoms. The molecule has 1 amide bonds. The van der Waals surface area contributed by atoms with Crippen molar-refractivity contribution >= 4 is 11.6 Å². The van der Waals surface area contributed by atoms with Crippen LogP contribution in [0.3, 0.4) is 0 Å². The Kier molecular flexibility index (Phi) is 5.62. The topological polar surface area (TPSA) is 49.3 Å². The molecule has 2 N–H and O–H groups in total. The molecule has 0 atom stereocenters. The van der Waals surface area contributed by atoms with Gasteiger partial charge < -0.3 is 10.4 Å². The van der Waals surface area contributed by atoms with E-state index in [0.717, 1.165) is 5.56 Å². The van der Waals surface area contributed by atoms with Crippen LogP contribution < -0.4 is 5.32 Å². The van der Waals surface area contributed by atoms with Crippen LogP contribution in [0.15, 0.2) is 42.5 Å². The highest BCUT2D eigenvalue weighted by molar-refractivity contribution is 6.04. The van der Waals surface area contributed by atoms with Gasteiger partial charge in [0.05, 0.1) is 6.61 Å². The molecule has 0 saturated carbocycles. The van der Waals surface area contributed by atoms with Crippen molar-refractivity contribution in [2.45, 2.75) is 32.5 Å². The molecule has 0 heterocycles. The molecule has 0 radical (unpaired) electrons. The summed E-state index contributed by atoms with van der Waals surface area (Å²) in [4.78, 5) is 12.2. The SMILES string of the molecule is Cc1ccc(CO)cc1NC(=O)c1ccc(CCC(F)(F)F)cc1. The number of carbonyl (C=O) groups is 1. The third-order valence-corrected chi connectivity index (χ3v) is 3.65. The molecular weight excluding hydrogens is 319 g/mol. The minimum Gasteiger partial charge on any atom is -0.392 e. The van der Waals surface area contributed by atoms with Crippen molar-refractivity contribution in [3.05, 3.63) is 64.7 Å². The monoisotopic (exact) mass is 337 g/mol. The number of rotatable bonds is 5. The van der Waals surface area contributed by atoms with Crippen LogP contribution in [0.2, 0.25) is 0 Å². The minimum absolute atomic E-state index is 0.108. The molecule has 0 unspecified atom stereocenters. The van der Waals surface area contributed by atoms with E-state index in [1.54, 1.807) is 18.2 Å². The fourth-order valence-electron chi connectivity index (χ4n) is 2.21. The number of halogens is 3. The summed E-state index contributed by atoms with van der Waals surface area (Å²) in [6.07, 6.45) is -5.18. The second-order valence-electron chi connectivity index (χ2n) is 5.57. The number of anilines is 1. The number of amides is 1. The van der Waals surface area contributed by atoms with Crippen molar-refractivity contribution in [1.82, 2.24) is 0 Å². The lowest BCUT2D eigenvalue weighted by atomic mass is 10.1. The molecule has 3 nitrogen and oxygen atoms in total. The van der Waals surface area contributed by atoms with E-state index in [9.17, 15) is 18.0 Å². The van der Waals surface area contributed by atoms with Crippen LogP contribution in [0.25, 0.3) is 0 Å². The van der Waals surface area contributed by atoms with Gasteiger partial charge >= 0.3 is 6.18 Å². The highest BCUT2D eigenvalue weighted by Gasteiger charge is 2.26. The predicted molar refractivity (Wildman–Crippen MR) is 85.9 cm³/mol. The van der Waals surface area contributed by atoms with Gasteiger partial charge in [-0.15, -0.1) is 0 Å². The van der Waals surface area contributed by atoms with Crippen molar-refractivity contribution in [3.63, 3.8) is 0 Å². The summed E-state index contributed by atoms with van der Waals surface area (Å²) < 4.78 is 36.6. The first-order valence-corrected chi connectivity index (χ1v) is 7.46. The van der Waals surface area contributed by atoms with Crippen molar-refractivity contribution < 1.29 is 23.1 Å². The predicted octanol–water partition coefficient (Wildman–Crippen LogP) is 4.23. The summed E-state index contributed by atoms with van der Waals surface area (Å²) in [5, 5.41) is 11.9. The maximum atomic E-state index is 12.2. The molecule has 2 rings (SSSR count). The van der Waals surface area contributed by atoms with Gasteiger partial charge in [-0.25, -0.2) is 0 Å². The zero-order valence-corrected chi connectivity index (χ0v) is 13.2. The number of aliphatic hydroxyl groups is 1. The fourth-order valence-corrected chi connectivity index (χ4v) is 2.21. The van der Waals surface area contributed by atoms with Crippen LogP contribution in [0.1, 0.15) is 33.5 Å². The summed E-state index contributed by atoms with van der Waals surface area (Å²) in [6.45, 7) is 1.70. The third-order valence-electron chi connectivity index (χ3n) is 3.65. The van der Waals surface area contributed by atoms with Crippen LogP contribution in [-0.2, 0) is 13.0 Å². The number of alkyl halides is 3. The summed E-state index contributed by atoms with van der Waals surface area (Å²) in [7, 11) is 0. The Labute approximate surface area is 138 Å². The number of nitrogens with one attached hydrogen (secondary N) is 1. The largest absolute Gasteiger partial charge is 0.392 e. The first-order valence-electron chi connectivity index (χ1n) is 7.46. The summed E-state index contributed by atoms with van der Waals surface area (Å²) in [6, 6.07) is 11.3. The lowest BCUT2D eigenvalue weighted by Gasteiger charge is -2.11. The third kappa shape index (κ3) is 5.09. The van der Waals surface area contributed by atoms with E-state index in [2.05, 4.69) is 5.32 Å². The van der Waals surface area contributed by atoms with Crippen molar-refractivity contribution in [3.8, 4) is 0 Å². The molecule has 0 aliphatic heterocycles. The van der Waals surface area contributed by atoms with Crippen LogP contribution in [-0.4, -0.2) is 17.2 Å². The first kappa shape index (κ1) is 18.0. The summed E-state index contributed by atoms with van der Waals surface area (Å²) in [5.74, 6) is -0.351. The Morgan fingerprint density at radius 3 is 2.29 bits per heavy atom. The molecule has 2 aromatic carbocycles. The van der Waals surface area contributed by atoms with Crippen molar-refractivity contribution in [2.75, 3.05) is 5.32 Å². The molecule has 6 heteroatoms. The van der Waals surface area contributed by atoms with E-state index in [4.69, 9.17) is 5.11 Å². The van der Waals surface area contributed by atoms with E-state index in [1.165, 1.54) is 24.3 Å². The number of hydrogen-bond donors (Lipinski definition) is 2. The number of aryl methyl sites for hydroxylation is 2. The standard InChI is InChI=1S/C18H18F3NO2/c1-12-2-3-14(11-23)10-16(12)22-17(24)15-6-4-13(5-7-15)8-9-18(19,20)21/h2-7,10,23H,8-9,11H2,1H3,(H,22,24). The highest BCUT2D eigenvalue weighted by atomic mass is 19.4. The number of hydrogen-bond acceptors (Lipinski definition) is 2. The van der Waals surface area contributed by atoms with Gasteiger partial charge in [-0.1, -0.05) is 24.3 Å². The zero-order valence-electron chi connectivity index (χ0n) is 13.2. The van der Waals surface area contributed by atoms with Crippen LogP contribution >= 0.6 is 0 Å². The second-order valence-corrected chi connectivity index (χ2v) is 5.57. The normalized spacial score (nSPS) is 11.4. The zero-order chi connectivity index (χ0) is 17.7. The van der Waals surface area contributed by atoms with Crippen molar-refractivity contribution in [2.24, 2.45) is 0 Å². The Hall–Kier alpha value is -2.34. The Bertz CT molecular complexity index is 709. The number of benzene rings is 2. The molecular formula is C18H18F3NO2. The second kappa shape index (κ2) is 7.49. The molecule has 128 valence electrons. The van der Waals surface area contributed by atoms with Gasteiger partial charge in [0.15, 0.2) is 0 Å². The average molecular weight is 337 g/mol. The summed E-state index contributed by atoms with van der Waals surface area (Å²) in [5.41, 5.74) is 3.01. The van der Waals surface area contributed by atoms with Gasteiger partial charge in [-0.2, -0.15) is 13.2 Å². The van der Waals surface area contributed by atoms with Crippen LogP contribution in [0, 0.1) is 6.92 Å². The maximum absolute atomic E-state index is 12.2. The van der Waals surface area contributed by atoms with E-state index in [-0.39, 0.29) is 18.9 Å². The molecule has 0 saturated heterocycles. The number of aliphatic hydroxyl groups excluding tert-OH is 1. The molecule has 2 aromatic rings. The van der Waals surface area contributed by atoms with Crippen LogP contribution in [0.4, 0.5) is 18.9 Å². The lowest BCUT2D eigenvalue weighted by Crippen LogP contribution is -2.13. The molecule has 0 bridgehead atoms. The fraction of sp³-hybridized carbons (Fsp3) is 0.278. The smallest absolute Gasteiger partial charge is 0.389 e. The Morgan fingerprint density at radius 1 is 1.08 bits per heavy atom. The molecule has 0 aliphatic carbocycles.